The Bertz CT molecular complexity index is 890. The number of allylic oxidation sites excluding steroid dienone is 8. The molecule has 1 atom stereocenters. The van der Waals surface area contributed by atoms with Crippen molar-refractivity contribution < 1.29 is 37.9 Å². The van der Waals surface area contributed by atoms with Crippen molar-refractivity contribution >= 4 is 19.8 Å². The summed E-state index contributed by atoms with van der Waals surface area (Å²) in [5.41, 5.74) is 0. The SMILES string of the molecule is CCCCC/C=C\C/C=C\C/C=C\C/C=C\CCCC(=O)OC[C@H](COP(=O)(O)O)OC(=O)CCCCCCCCCCCCC. The van der Waals surface area contributed by atoms with Gasteiger partial charge < -0.3 is 19.3 Å². The number of phosphoric ester groups is 1. The lowest BCUT2D eigenvalue weighted by atomic mass is 10.1. The Balaban J connectivity index is 4.09. The lowest BCUT2D eigenvalue weighted by molar-refractivity contribution is -0.161. The van der Waals surface area contributed by atoms with Gasteiger partial charge in [-0.1, -0.05) is 140 Å². The molecule has 0 bridgehead atoms. The second kappa shape index (κ2) is 32.9. The van der Waals surface area contributed by atoms with E-state index in [2.05, 4.69) is 60.9 Å². The van der Waals surface area contributed by atoms with Gasteiger partial charge in [0.2, 0.25) is 0 Å². The first-order valence-corrected chi connectivity index (χ1v) is 19.5. The van der Waals surface area contributed by atoms with E-state index in [-0.39, 0.29) is 19.4 Å². The molecular formula is C37H65O8P. The third-order valence-electron chi connectivity index (χ3n) is 7.35. The van der Waals surface area contributed by atoms with Crippen molar-refractivity contribution in [2.24, 2.45) is 0 Å². The van der Waals surface area contributed by atoms with E-state index in [0.29, 0.717) is 12.8 Å². The zero-order valence-electron chi connectivity index (χ0n) is 29.0. The Morgan fingerprint density at radius 2 is 1.00 bits per heavy atom. The summed E-state index contributed by atoms with van der Waals surface area (Å²) in [6.45, 7) is 3.58. The van der Waals surface area contributed by atoms with E-state index in [0.717, 1.165) is 44.9 Å². The molecule has 0 aromatic heterocycles. The number of phosphoric acid groups is 1. The maximum absolute atomic E-state index is 12.3. The van der Waals surface area contributed by atoms with Gasteiger partial charge in [-0.05, 0) is 51.4 Å². The molecule has 46 heavy (non-hydrogen) atoms. The molecule has 0 fully saturated rings. The van der Waals surface area contributed by atoms with Crippen molar-refractivity contribution in [2.45, 2.75) is 161 Å². The molecule has 0 aliphatic heterocycles. The monoisotopic (exact) mass is 668 g/mol. The van der Waals surface area contributed by atoms with Crippen LogP contribution < -0.4 is 0 Å². The van der Waals surface area contributed by atoms with Crippen LogP contribution in [0.25, 0.3) is 0 Å². The van der Waals surface area contributed by atoms with Crippen molar-refractivity contribution in [3.05, 3.63) is 48.6 Å². The maximum atomic E-state index is 12.3. The molecule has 0 rings (SSSR count). The van der Waals surface area contributed by atoms with Gasteiger partial charge in [0.15, 0.2) is 6.10 Å². The second-order valence-corrected chi connectivity index (χ2v) is 13.1. The summed E-state index contributed by atoms with van der Waals surface area (Å²) in [6.07, 6.45) is 38.4. The number of ether oxygens (including phenoxy) is 2. The van der Waals surface area contributed by atoms with Crippen LogP contribution in [0.15, 0.2) is 48.6 Å². The zero-order chi connectivity index (χ0) is 34.0. The quantitative estimate of drug-likeness (QED) is 0.0315. The number of hydrogen-bond acceptors (Lipinski definition) is 6. The summed E-state index contributed by atoms with van der Waals surface area (Å²) >= 11 is 0. The number of hydrogen-bond donors (Lipinski definition) is 2. The fourth-order valence-corrected chi connectivity index (χ4v) is 5.02. The summed E-state index contributed by atoms with van der Waals surface area (Å²) in [4.78, 5) is 42.5. The summed E-state index contributed by atoms with van der Waals surface area (Å²) in [5.74, 6) is -0.953. The van der Waals surface area contributed by atoms with Gasteiger partial charge in [-0.25, -0.2) is 4.57 Å². The van der Waals surface area contributed by atoms with Crippen LogP contribution in [0.4, 0.5) is 0 Å². The van der Waals surface area contributed by atoms with Crippen LogP contribution in [0.3, 0.4) is 0 Å². The van der Waals surface area contributed by atoms with E-state index in [4.69, 9.17) is 19.3 Å². The molecule has 0 saturated carbocycles. The number of esters is 2. The minimum atomic E-state index is -4.76. The first-order valence-electron chi connectivity index (χ1n) is 17.9. The predicted octanol–water partition coefficient (Wildman–Crippen LogP) is 10.4. The average Bonchev–Trinajstić information content (AvgIpc) is 3.02. The average molecular weight is 669 g/mol. The Morgan fingerprint density at radius 3 is 1.52 bits per heavy atom. The third kappa shape index (κ3) is 34.9. The Hall–Kier alpha value is -1.99. The third-order valence-corrected chi connectivity index (χ3v) is 7.84. The van der Waals surface area contributed by atoms with Gasteiger partial charge in [0.05, 0.1) is 6.61 Å². The Kier molecular flexibility index (Phi) is 31.5. The second-order valence-electron chi connectivity index (χ2n) is 11.8. The largest absolute Gasteiger partial charge is 0.469 e. The van der Waals surface area contributed by atoms with Gasteiger partial charge in [0, 0.05) is 12.8 Å². The van der Waals surface area contributed by atoms with Gasteiger partial charge in [-0.2, -0.15) is 0 Å². The molecule has 0 aromatic carbocycles. The number of rotatable bonds is 32. The van der Waals surface area contributed by atoms with Gasteiger partial charge >= 0.3 is 19.8 Å². The minimum absolute atomic E-state index is 0.191. The van der Waals surface area contributed by atoms with E-state index >= 15 is 0 Å². The van der Waals surface area contributed by atoms with Crippen LogP contribution in [-0.4, -0.2) is 41.0 Å². The highest BCUT2D eigenvalue weighted by Crippen LogP contribution is 2.35. The van der Waals surface area contributed by atoms with Crippen LogP contribution >= 0.6 is 7.82 Å². The molecule has 0 saturated heterocycles. The first kappa shape index (κ1) is 44.0. The molecule has 0 radical (unpaired) electrons. The normalized spacial score (nSPS) is 13.0. The molecule has 266 valence electrons. The first-order chi connectivity index (χ1) is 22.3. The molecule has 0 amide bonds. The number of carbonyl (C=O) groups excluding carboxylic acids is 2. The van der Waals surface area contributed by atoms with Crippen molar-refractivity contribution in [1.29, 1.82) is 0 Å². The van der Waals surface area contributed by atoms with Crippen molar-refractivity contribution in [2.75, 3.05) is 13.2 Å². The fourth-order valence-electron chi connectivity index (χ4n) is 4.66. The topological polar surface area (TPSA) is 119 Å². The standard InChI is InChI=1S/C37H65O8P/c1-3-5-7-9-11-13-15-16-17-18-19-20-22-23-25-27-29-31-36(38)43-33-35(34-44-46(40,41)42)45-37(39)32-30-28-26-24-21-14-12-10-8-6-4-2/h11,13,16-17,19-20,23,25,35H,3-10,12,14-15,18,21-22,24,26-34H2,1-2H3,(H2,40,41,42)/b13-11-,17-16-,20-19-,25-23-/t35-/m1/s1. The van der Waals surface area contributed by atoms with Crippen molar-refractivity contribution in [1.82, 2.24) is 0 Å². The molecule has 9 heteroatoms. The van der Waals surface area contributed by atoms with Crippen LogP contribution in [0.5, 0.6) is 0 Å². The zero-order valence-corrected chi connectivity index (χ0v) is 29.9. The predicted molar refractivity (Wildman–Crippen MR) is 188 cm³/mol. The van der Waals surface area contributed by atoms with E-state index in [1.165, 1.54) is 70.6 Å². The molecule has 0 heterocycles. The minimum Gasteiger partial charge on any atom is -0.462 e. The highest BCUT2D eigenvalue weighted by atomic mass is 31.2. The summed E-state index contributed by atoms with van der Waals surface area (Å²) in [5, 5.41) is 0. The number of carbonyl (C=O) groups is 2. The van der Waals surface area contributed by atoms with Gasteiger partial charge in [-0.3, -0.25) is 14.1 Å². The molecule has 0 aliphatic rings. The van der Waals surface area contributed by atoms with E-state index in [1.807, 2.05) is 6.08 Å². The van der Waals surface area contributed by atoms with Crippen molar-refractivity contribution in [3.63, 3.8) is 0 Å². The van der Waals surface area contributed by atoms with E-state index in [9.17, 15) is 14.2 Å². The lowest BCUT2D eigenvalue weighted by Gasteiger charge is -2.18. The lowest BCUT2D eigenvalue weighted by Crippen LogP contribution is -2.29. The van der Waals surface area contributed by atoms with Gasteiger partial charge in [0.25, 0.3) is 0 Å². The highest BCUT2D eigenvalue weighted by Gasteiger charge is 2.22. The van der Waals surface area contributed by atoms with Gasteiger partial charge in [0.1, 0.15) is 6.61 Å². The molecule has 0 spiro atoms. The molecule has 8 nitrogen and oxygen atoms in total. The van der Waals surface area contributed by atoms with Crippen LogP contribution in [0.2, 0.25) is 0 Å². The van der Waals surface area contributed by atoms with Gasteiger partial charge in [-0.15, -0.1) is 0 Å². The number of unbranched alkanes of at least 4 members (excludes halogenated alkanes) is 14. The van der Waals surface area contributed by atoms with Crippen LogP contribution in [0, 0.1) is 0 Å². The van der Waals surface area contributed by atoms with E-state index in [1.54, 1.807) is 0 Å². The smallest absolute Gasteiger partial charge is 0.462 e. The summed E-state index contributed by atoms with van der Waals surface area (Å²) in [7, 11) is -4.76. The Morgan fingerprint density at radius 1 is 0.565 bits per heavy atom. The van der Waals surface area contributed by atoms with Crippen LogP contribution in [-0.2, 0) is 28.2 Å². The van der Waals surface area contributed by atoms with Crippen LogP contribution in [0.1, 0.15) is 155 Å². The summed E-state index contributed by atoms with van der Waals surface area (Å²) in [6, 6.07) is 0. The molecular weight excluding hydrogens is 603 g/mol. The van der Waals surface area contributed by atoms with E-state index < -0.39 is 32.5 Å². The maximum Gasteiger partial charge on any atom is 0.469 e. The molecule has 0 unspecified atom stereocenters. The fraction of sp³-hybridized carbons (Fsp3) is 0.730. The Labute approximate surface area is 280 Å². The van der Waals surface area contributed by atoms with Crippen molar-refractivity contribution in [3.8, 4) is 0 Å². The molecule has 0 aromatic rings. The highest BCUT2D eigenvalue weighted by molar-refractivity contribution is 7.46. The molecule has 2 N–H and O–H groups in total. The summed E-state index contributed by atoms with van der Waals surface area (Å²) < 4.78 is 26.2. The molecule has 0 aliphatic carbocycles.